The molecule has 0 bridgehead atoms. The van der Waals surface area contributed by atoms with Gasteiger partial charge in [-0.05, 0) is 30.4 Å². The number of rotatable bonds is 1. The number of halogens is 2. The molecule has 1 aromatic carbocycles. The average Bonchev–Trinajstić information content (AvgIpc) is 2.47. The van der Waals surface area contributed by atoms with Crippen molar-refractivity contribution >= 4 is 0 Å². The first-order valence-electron chi connectivity index (χ1n) is 5.02. The zero-order chi connectivity index (χ0) is 10.2. The van der Waals surface area contributed by atoms with Crippen molar-refractivity contribution in [1.29, 1.82) is 0 Å². The van der Waals surface area contributed by atoms with Crippen LogP contribution in [0.15, 0.2) is 24.3 Å². The SMILES string of the molecule is Cc1ccccc1C1CCC(F)(F)C1. The van der Waals surface area contributed by atoms with Gasteiger partial charge in [-0.2, -0.15) is 0 Å². The van der Waals surface area contributed by atoms with E-state index >= 15 is 0 Å². The third-order valence-electron chi connectivity index (χ3n) is 3.03. The van der Waals surface area contributed by atoms with Crippen LogP contribution in [0.1, 0.15) is 36.3 Å². The standard InChI is InChI=1S/C12H14F2/c1-9-4-2-3-5-11(9)10-6-7-12(13,14)8-10/h2-5,10H,6-8H2,1H3. The lowest BCUT2D eigenvalue weighted by molar-refractivity contribution is 0.00776. The molecular formula is C12H14F2. The predicted octanol–water partition coefficient (Wildman–Crippen LogP) is 3.90. The number of benzene rings is 1. The third-order valence-corrected chi connectivity index (χ3v) is 3.03. The van der Waals surface area contributed by atoms with Crippen LogP contribution in [-0.4, -0.2) is 5.92 Å². The van der Waals surface area contributed by atoms with Crippen LogP contribution < -0.4 is 0 Å². The van der Waals surface area contributed by atoms with E-state index in [1.54, 1.807) is 0 Å². The maximum atomic E-state index is 13.0. The van der Waals surface area contributed by atoms with Crippen LogP contribution >= 0.6 is 0 Å². The molecule has 1 aromatic rings. The molecule has 0 nitrogen and oxygen atoms in total. The summed E-state index contributed by atoms with van der Waals surface area (Å²) in [4.78, 5) is 0. The zero-order valence-corrected chi connectivity index (χ0v) is 8.26. The summed E-state index contributed by atoms with van der Waals surface area (Å²) in [5, 5.41) is 0. The summed E-state index contributed by atoms with van der Waals surface area (Å²) in [6, 6.07) is 7.85. The van der Waals surface area contributed by atoms with Crippen molar-refractivity contribution in [2.24, 2.45) is 0 Å². The molecular weight excluding hydrogens is 182 g/mol. The average molecular weight is 196 g/mol. The molecule has 0 saturated heterocycles. The molecule has 1 saturated carbocycles. The van der Waals surface area contributed by atoms with Crippen LogP contribution in [0, 0.1) is 6.92 Å². The van der Waals surface area contributed by atoms with Crippen molar-refractivity contribution in [3.63, 3.8) is 0 Å². The zero-order valence-electron chi connectivity index (χ0n) is 8.26. The van der Waals surface area contributed by atoms with Gasteiger partial charge in [0.05, 0.1) is 0 Å². The maximum absolute atomic E-state index is 13.0. The predicted molar refractivity (Wildman–Crippen MR) is 52.7 cm³/mol. The van der Waals surface area contributed by atoms with Crippen LogP contribution in [0.25, 0.3) is 0 Å². The summed E-state index contributed by atoms with van der Waals surface area (Å²) in [5.74, 6) is -2.38. The minimum atomic E-state index is -2.44. The molecule has 1 unspecified atom stereocenters. The summed E-state index contributed by atoms with van der Waals surface area (Å²) < 4.78 is 26.0. The second kappa shape index (κ2) is 3.34. The Labute approximate surface area is 82.9 Å². The Bertz CT molecular complexity index is 331. The van der Waals surface area contributed by atoms with Crippen LogP contribution in [0.3, 0.4) is 0 Å². The Morgan fingerprint density at radius 1 is 1.29 bits per heavy atom. The highest BCUT2D eigenvalue weighted by molar-refractivity contribution is 5.30. The normalized spacial score (nSPS) is 25.2. The molecule has 0 radical (unpaired) electrons. The summed E-state index contributed by atoms with van der Waals surface area (Å²) >= 11 is 0. The van der Waals surface area contributed by atoms with Crippen molar-refractivity contribution in [3.05, 3.63) is 35.4 Å². The molecule has 0 amide bonds. The molecule has 0 spiro atoms. The number of hydrogen-bond acceptors (Lipinski definition) is 0. The largest absolute Gasteiger partial charge is 0.248 e. The quantitative estimate of drug-likeness (QED) is 0.639. The molecule has 1 atom stereocenters. The molecule has 14 heavy (non-hydrogen) atoms. The summed E-state index contributed by atoms with van der Waals surface area (Å²) in [6.07, 6.45) is 0.696. The third kappa shape index (κ3) is 1.79. The van der Waals surface area contributed by atoms with Crippen LogP contribution in [0.2, 0.25) is 0 Å². The lowest BCUT2D eigenvalue weighted by Gasteiger charge is -2.13. The van der Waals surface area contributed by atoms with Gasteiger partial charge in [0.2, 0.25) is 5.92 Å². The first kappa shape index (κ1) is 9.63. The van der Waals surface area contributed by atoms with Crippen molar-refractivity contribution in [2.75, 3.05) is 0 Å². The van der Waals surface area contributed by atoms with Gasteiger partial charge < -0.3 is 0 Å². The number of hydrogen-bond donors (Lipinski definition) is 0. The molecule has 0 aliphatic heterocycles. The van der Waals surface area contributed by atoms with E-state index in [1.807, 2.05) is 31.2 Å². The van der Waals surface area contributed by atoms with Gasteiger partial charge in [0, 0.05) is 12.8 Å². The van der Waals surface area contributed by atoms with Gasteiger partial charge in [-0.3, -0.25) is 0 Å². The number of alkyl halides is 2. The van der Waals surface area contributed by atoms with Gasteiger partial charge in [0.1, 0.15) is 0 Å². The second-order valence-electron chi connectivity index (χ2n) is 4.15. The van der Waals surface area contributed by atoms with Gasteiger partial charge in [-0.25, -0.2) is 8.78 Å². The van der Waals surface area contributed by atoms with Gasteiger partial charge >= 0.3 is 0 Å². The van der Waals surface area contributed by atoms with Gasteiger partial charge in [0.15, 0.2) is 0 Å². The Hall–Kier alpha value is -0.920. The van der Waals surface area contributed by atoms with E-state index in [0.717, 1.165) is 11.1 Å². The second-order valence-corrected chi connectivity index (χ2v) is 4.15. The van der Waals surface area contributed by atoms with E-state index in [9.17, 15) is 8.78 Å². The van der Waals surface area contributed by atoms with E-state index in [4.69, 9.17) is 0 Å². The maximum Gasteiger partial charge on any atom is 0.248 e. The fraction of sp³-hybridized carbons (Fsp3) is 0.500. The molecule has 0 aromatic heterocycles. The van der Waals surface area contributed by atoms with E-state index in [-0.39, 0.29) is 18.8 Å². The van der Waals surface area contributed by atoms with E-state index < -0.39 is 5.92 Å². The lowest BCUT2D eigenvalue weighted by atomic mass is 9.93. The Morgan fingerprint density at radius 2 is 2.00 bits per heavy atom. The van der Waals surface area contributed by atoms with Crippen LogP contribution in [0.4, 0.5) is 8.78 Å². The molecule has 1 aliphatic rings. The van der Waals surface area contributed by atoms with Crippen LogP contribution in [0.5, 0.6) is 0 Å². The van der Waals surface area contributed by atoms with Gasteiger partial charge in [0.25, 0.3) is 0 Å². The fourth-order valence-electron chi connectivity index (χ4n) is 2.26. The van der Waals surface area contributed by atoms with E-state index in [1.165, 1.54) is 0 Å². The van der Waals surface area contributed by atoms with Crippen molar-refractivity contribution in [2.45, 2.75) is 38.0 Å². The van der Waals surface area contributed by atoms with Gasteiger partial charge in [-0.1, -0.05) is 24.3 Å². The lowest BCUT2D eigenvalue weighted by Crippen LogP contribution is -2.09. The van der Waals surface area contributed by atoms with Crippen LogP contribution in [-0.2, 0) is 0 Å². The highest BCUT2D eigenvalue weighted by Crippen LogP contribution is 2.44. The molecule has 2 heteroatoms. The minimum Gasteiger partial charge on any atom is -0.207 e. The molecule has 0 heterocycles. The smallest absolute Gasteiger partial charge is 0.207 e. The molecule has 1 aliphatic carbocycles. The highest BCUT2D eigenvalue weighted by Gasteiger charge is 2.40. The van der Waals surface area contributed by atoms with Gasteiger partial charge in [-0.15, -0.1) is 0 Å². The summed E-state index contributed by atoms with van der Waals surface area (Å²) in [6.45, 7) is 1.99. The van der Waals surface area contributed by atoms with E-state index in [0.29, 0.717) is 6.42 Å². The Balaban J connectivity index is 2.22. The van der Waals surface area contributed by atoms with Crippen molar-refractivity contribution in [3.8, 4) is 0 Å². The molecule has 76 valence electrons. The summed E-state index contributed by atoms with van der Waals surface area (Å²) in [7, 11) is 0. The minimum absolute atomic E-state index is 0.0256. The van der Waals surface area contributed by atoms with Crippen molar-refractivity contribution in [1.82, 2.24) is 0 Å². The first-order chi connectivity index (χ1) is 6.58. The van der Waals surface area contributed by atoms with Crippen molar-refractivity contribution < 1.29 is 8.78 Å². The molecule has 0 N–H and O–H groups in total. The number of aryl methyl sites for hydroxylation is 1. The molecule has 2 rings (SSSR count). The molecule has 1 fully saturated rings. The highest BCUT2D eigenvalue weighted by atomic mass is 19.3. The fourth-order valence-corrected chi connectivity index (χ4v) is 2.26. The Morgan fingerprint density at radius 3 is 2.57 bits per heavy atom. The van der Waals surface area contributed by atoms with E-state index in [2.05, 4.69) is 0 Å². The Kier molecular flexibility index (Phi) is 2.30. The first-order valence-corrected chi connectivity index (χ1v) is 5.02. The monoisotopic (exact) mass is 196 g/mol. The summed E-state index contributed by atoms with van der Waals surface area (Å²) in [5.41, 5.74) is 2.24. The topological polar surface area (TPSA) is 0 Å².